The minimum Gasteiger partial charge on any atom is -0.345 e. The molecule has 4 rings (SSSR count). The summed E-state index contributed by atoms with van der Waals surface area (Å²) < 4.78 is 0. The average Bonchev–Trinajstić information content (AvgIpc) is 3.37. The van der Waals surface area contributed by atoms with Gasteiger partial charge in [0.05, 0.1) is 24.2 Å². The highest BCUT2D eigenvalue weighted by Gasteiger charge is 2.45. The fourth-order valence-corrected chi connectivity index (χ4v) is 5.93. The highest BCUT2D eigenvalue weighted by atomic mass is 16.2. The Balaban J connectivity index is 1.38. The first-order valence-corrected chi connectivity index (χ1v) is 13.0. The first-order chi connectivity index (χ1) is 17.2. The van der Waals surface area contributed by atoms with E-state index in [-0.39, 0.29) is 48.9 Å². The number of benzene rings is 1. The predicted molar refractivity (Wildman–Crippen MR) is 136 cm³/mol. The second kappa shape index (κ2) is 10.6. The van der Waals surface area contributed by atoms with E-state index in [0.29, 0.717) is 24.4 Å². The molecule has 1 saturated heterocycles. The number of likely N-dealkylation sites (tertiary alicyclic amines) is 1. The summed E-state index contributed by atoms with van der Waals surface area (Å²) in [6, 6.07) is 6.93. The van der Waals surface area contributed by atoms with Crippen molar-refractivity contribution >= 4 is 17.7 Å². The van der Waals surface area contributed by atoms with Gasteiger partial charge in [-0.25, -0.2) is 0 Å². The molecule has 2 N–H and O–H groups in total. The number of likely N-dealkylation sites (N-methyl/N-ethyl adjacent to an activating group) is 1. The van der Waals surface area contributed by atoms with Gasteiger partial charge in [-0.1, -0.05) is 19.4 Å². The number of aryl methyl sites for hydroxylation is 1. The van der Waals surface area contributed by atoms with Crippen LogP contribution in [0.2, 0.25) is 0 Å². The van der Waals surface area contributed by atoms with E-state index in [9.17, 15) is 19.6 Å². The van der Waals surface area contributed by atoms with Crippen LogP contribution in [0.1, 0.15) is 60.1 Å². The summed E-state index contributed by atoms with van der Waals surface area (Å²) in [6.45, 7) is 3.07. The van der Waals surface area contributed by atoms with E-state index >= 15 is 0 Å². The Bertz CT molecular complexity index is 1070. The van der Waals surface area contributed by atoms with E-state index in [1.165, 1.54) is 0 Å². The third-order valence-electron chi connectivity index (χ3n) is 8.10. The minimum absolute atomic E-state index is 0.0108. The van der Waals surface area contributed by atoms with Gasteiger partial charge < -0.3 is 20.4 Å². The molecule has 5 atom stereocenters. The van der Waals surface area contributed by atoms with Crippen LogP contribution in [-0.4, -0.2) is 96.2 Å². The van der Waals surface area contributed by atoms with Gasteiger partial charge in [0.15, 0.2) is 0 Å². The van der Waals surface area contributed by atoms with Gasteiger partial charge in [0.2, 0.25) is 11.8 Å². The third-order valence-corrected chi connectivity index (χ3v) is 8.10. The van der Waals surface area contributed by atoms with Gasteiger partial charge in [0, 0.05) is 38.8 Å². The zero-order valence-corrected chi connectivity index (χ0v) is 21.8. The van der Waals surface area contributed by atoms with Crippen LogP contribution in [0.5, 0.6) is 0 Å². The Hall–Kier alpha value is -2.96. The first-order valence-electron chi connectivity index (χ1n) is 13.0. The van der Waals surface area contributed by atoms with Crippen molar-refractivity contribution in [2.75, 3.05) is 40.8 Å². The molecule has 0 spiro atoms. The average molecular weight is 495 g/mol. The summed E-state index contributed by atoms with van der Waals surface area (Å²) in [5.41, 5.74) is 9.22. The molecule has 1 saturated carbocycles. The quantitative estimate of drug-likeness (QED) is 0.519. The van der Waals surface area contributed by atoms with E-state index in [4.69, 9.17) is 5.73 Å². The number of fused-ring (bicyclic) bond motifs is 1. The molecule has 0 bridgehead atoms. The molecular formula is C27H38N6O3. The van der Waals surface area contributed by atoms with Crippen LogP contribution in [0.3, 0.4) is 0 Å². The Labute approximate surface area is 213 Å². The maximum atomic E-state index is 13.4. The lowest BCUT2D eigenvalue weighted by atomic mass is 10.0. The molecule has 9 heteroatoms. The maximum absolute atomic E-state index is 13.4. The van der Waals surface area contributed by atoms with Gasteiger partial charge >= 0.3 is 0 Å². The van der Waals surface area contributed by atoms with Gasteiger partial charge in [0.1, 0.15) is 6.54 Å². The molecule has 3 amide bonds. The molecule has 36 heavy (non-hydrogen) atoms. The van der Waals surface area contributed by atoms with Crippen molar-refractivity contribution in [3.63, 3.8) is 0 Å². The van der Waals surface area contributed by atoms with Crippen molar-refractivity contribution in [3.05, 3.63) is 34.9 Å². The molecule has 5 unspecified atom stereocenters. The smallest absolute Gasteiger partial charge is 0.253 e. The van der Waals surface area contributed by atoms with Crippen molar-refractivity contribution in [2.45, 2.75) is 63.2 Å². The third kappa shape index (κ3) is 4.97. The van der Waals surface area contributed by atoms with Crippen molar-refractivity contribution in [1.82, 2.24) is 19.6 Å². The maximum Gasteiger partial charge on any atom is 0.253 e. The number of hydrogen-bond donors (Lipinski definition) is 1. The van der Waals surface area contributed by atoms with Crippen LogP contribution in [0, 0.1) is 17.2 Å². The van der Waals surface area contributed by atoms with Crippen LogP contribution in [0.25, 0.3) is 0 Å². The highest BCUT2D eigenvalue weighted by molar-refractivity contribution is 5.94. The summed E-state index contributed by atoms with van der Waals surface area (Å²) >= 11 is 0. The van der Waals surface area contributed by atoms with Gasteiger partial charge in [-0.05, 0) is 61.9 Å². The van der Waals surface area contributed by atoms with Gasteiger partial charge in [0.25, 0.3) is 5.91 Å². The van der Waals surface area contributed by atoms with E-state index in [1.807, 2.05) is 35.0 Å². The zero-order valence-electron chi connectivity index (χ0n) is 21.8. The molecule has 2 fully saturated rings. The van der Waals surface area contributed by atoms with E-state index in [1.54, 1.807) is 23.9 Å². The summed E-state index contributed by atoms with van der Waals surface area (Å²) in [5.74, 6) is 0.278. The second-order valence-corrected chi connectivity index (χ2v) is 10.6. The molecule has 1 aromatic carbocycles. The summed E-state index contributed by atoms with van der Waals surface area (Å²) in [5, 5.41) is 9.20. The number of carbonyl (C=O) groups is 3. The lowest BCUT2D eigenvalue weighted by Crippen LogP contribution is -2.52. The number of nitriles is 1. The molecule has 9 nitrogen and oxygen atoms in total. The van der Waals surface area contributed by atoms with Crippen molar-refractivity contribution in [3.8, 4) is 6.07 Å². The van der Waals surface area contributed by atoms with Crippen molar-refractivity contribution in [2.24, 2.45) is 11.7 Å². The van der Waals surface area contributed by atoms with Crippen LogP contribution in [-0.2, 0) is 16.0 Å². The van der Waals surface area contributed by atoms with Gasteiger partial charge in [-0.3, -0.25) is 19.3 Å². The van der Waals surface area contributed by atoms with Crippen molar-refractivity contribution in [1.29, 1.82) is 5.26 Å². The number of carbonyl (C=O) groups excluding carboxylic acids is 3. The number of nitrogens with zero attached hydrogens (tertiary/aromatic N) is 5. The fourth-order valence-electron chi connectivity index (χ4n) is 5.93. The Morgan fingerprint density at radius 1 is 1.25 bits per heavy atom. The van der Waals surface area contributed by atoms with E-state index in [2.05, 4.69) is 13.0 Å². The Morgan fingerprint density at radius 3 is 2.64 bits per heavy atom. The Morgan fingerprint density at radius 2 is 2.00 bits per heavy atom. The van der Waals surface area contributed by atoms with Gasteiger partial charge in [-0.2, -0.15) is 5.26 Å². The molecule has 3 aliphatic rings. The topological polar surface area (TPSA) is 114 Å². The zero-order chi connectivity index (χ0) is 26.1. The molecule has 1 heterocycles. The molecule has 0 aromatic heterocycles. The minimum atomic E-state index is -0.775. The molecule has 2 aliphatic carbocycles. The highest BCUT2D eigenvalue weighted by Crippen LogP contribution is 2.40. The van der Waals surface area contributed by atoms with Crippen LogP contribution in [0.15, 0.2) is 18.2 Å². The number of rotatable bonds is 9. The van der Waals surface area contributed by atoms with Crippen LogP contribution >= 0.6 is 0 Å². The number of amides is 3. The fraction of sp³-hybridized carbons (Fsp3) is 0.630. The largest absolute Gasteiger partial charge is 0.345 e. The normalized spacial score (nSPS) is 25.5. The van der Waals surface area contributed by atoms with E-state index < -0.39 is 6.04 Å². The monoisotopic (exact) mass is 494 g/mol. The SMILES string of the molecule is CCC1CC1N(CC#N)C(=O)C(N)CN(C)C1CCN(C2CCc3cc(C(=O)N(C)C)ccc32)C1=O. The predicted octanol–water partition coefficient (Wildman–Crippen LogP) is 1.39. The Kier molecular flexibility index (Phi) is 7.67. The van der Waals surface area contributed by atoms with Gasteiger partial charge in [-0.15, -0.1) is 0 Å². The second-order valence-electron chi connectivity index (χ2n) is 10.6. The standard InChI is InChI=1S/C27H38N6O3/c1-5-17-15-24(17)33(13-11-28)26(35)21(29)16-31(4)23-10-12-32(27(23)36)22-9-7-18-14-19(6-8-20(18)22)25(34)30(2)3/h6,8,14,17,21-24H,5,7,9-10,12-13,15-16,29H2,1-4H3. The van der Waals surface area contributed by atoms with Crippen LogP contribution in [0.4, 0.5) is 0 Å². The molecule has 1 aromatic rings. The van der Waals surface area contributed by atoms with Crippen LogP contribution < -0.4 is 5.73 Å². The summed E-state index contributed by atoms with van der Waals surface area (Å²) in [4.78, 5) is 45.9. The lowest BCUT2D eigenvalue weighted by Gasteiger charge is -2.30. The molecule has 0 radical (unpaired) electrons. The van der Waals surface area contributed by atoms with Crippen molar-refractivity contribution < 1.29 is 14.4 Å². The lowest BCUT2D eigenvalue weighted by molar-refractivity contribution is -0.136. The summed E-state index contributed by atoms with van der Waals surface area (Å²) in [6.07, 6.45) is 4.28. The first kappa shape index (κ1) is 26.1. The number of hydrogen-bond acceptors (Lipinski definition) is 6. The molecule has 1 aliphatic heterocycles. The molecule has 194 valence electrons. The number of nitrogens with two attached hydrogens (primary N) is 1. The molecular weight excluding hydrogens is 456 g/mol. The van der Waals surface area contributed by atoms with E-state index in [0.717, 1.165) is 36.8 Å². The summed E-state index contributed by atoms with van der Waals surface area (Å²) in [7, 11) is 5.33.